The Balaban J connectivity index is 1.99. The van der Waals surface area contributed by atoms with Crippen molar-refractivity contribution in [2.75, 3.05) is 11.9 Å². The molecule has 0 spiro atoms. The van der Waals surface area contributed by atoms with Crippen molar-refractivity contribution >= 4 is 5.69 Å². The van der Waals surface area contributed by atoms with Crippen molar-refractivity contribution in [2.45, 2.75) is 25.4 Å². The van der Waals surface area contributed by atoms with Crippen LogP contribution in [0, 0.1) is 0 Å². The van der Waals surface area contributed by atoms with E-state index in [-0.39, 0.29) is 5.41 Å². The summed E-state index contributed by atoms with van der Waals surface area (Å²) in [7, 11) is 0. The summed E-state index contributed by atoms with van der Waals surface area (Å²) in [5.41, 5.74) is 2.62. The van der Waals surface area contributed by atoms with Gasteiger partial charge in [0.25, 0.3) is 0 Å². The Kier molecular flexibility index (Phi) is 2.97. The van der Waals surface area contributed by atoms with Gasteiger partial charge in [-0.25, -0.2) is 0 Å². The van der Waals surface area contributed by atoms with Crippen LogP contribution in [0.4, 0.5) is 18.9 Å². The average Bonchev–Trinajstić information content (AvgIpc) is 2.73. The minimum Gasteiger partial charge on any atom is -0.383 e. The summed E-state index contributed by atoms with van der Waals surface area (Å²) in [6.07, 6.45) is -4.31. The molecule has 0 aliphatic carbocycles. The Labute approximate surface area is 121 Å². The maximum atomic E-state index is 12.6. The fourth-order valence-corrected chi connectivity index (χ4v) is 2.51. The summed E-state index contributed by atoms with van der Waals surface area (Å²) in [6, 6.07) is 8.88. The molecule has 21 heavy (non-hydrogen) atoms. The van der Waals surface area contributed by atoms with Gasteiger partial charge in [0.05, 0.1) is 22.6 Å². The van der Waals surface area contributed by atoms with Crippen molar-refractivity contribution in [1.29, 1.82) is 0 Å². The second kappa shape index (κ2) is 4.48. The van der Waals surface area contributed by atoms with Crippen molar-refractivity contribution in [3.8, 4) is 11.3 Å². The molecule has 2 nitrogen and oxygen atoms in total. The molecule has 1 aromatic carbocycles. The van der Waals surface area contributed by atoms with Gasteiger partial charge in [-0.3, -0.25) is 4.98 Å². The number of pyridine rings is 1. The third-order valence-corrected chi connectivity index (χ3v) is 3.77. The van der Waals surface area contributed by atoms with Crippen LogP contribution in [0.1, 0.15) is 25.1 Å². The first-order chi connectivity index (χ1) is 9.77. The quantitative estimate of drug-likeness (QED) is 0.838. The third-order valence-electron chi connectivity index (χ3n) is 3.77. The van der Waals surface area contributed by atoms with Gasteiger partial charge >= 0.3 is 6.18 Å². The molecule has 0 saturated heterocycles. The number of hydrogen-bond donors (Lipinski definition) is 1. The molecule has 1 aromatic heterocycles. The maximum absolute atomic E-state index is 12.6. The Morgan fingerprint density at radius 2 is 1.71 bits per heavy atom. The number of alkyl halides is 3. The Bertz CT molecular complexity index is 673. The van der Waals surface area contributed by atoms with Gasteiger partial charge in [-0.1, -0.05) is 26.0 Å². The molecule has 0 radical (unpaired) electrons. The normalized spacial score (nSPS) is 16.4. The zero-order valence-corrected chi connectivity index (χ0v) is 11.8. The van der Waals surface area contributed by atoms with Crippen LogP contribution < -0.4 is 5.32 Å². The van der Waals surface area contributed by atoms with Crippen LogP contribution in [-0.2, 0) is 11.6 Å². The van der Waals surface area contributed by atoms with Gasteiger partial charge < -0.3 is 5.32 Å². The molecule has 0 amide bonds. The van der Waals surface area contributed by atoms with E-state index in [0.29, 0.717) is 11.3 Å². The number of benzene rings is 1. The first-order valence-corrected chi connectivity index (χ1v) is 6.70. The number of fused-ring (bicyclic) bond motifs is 1. The number of hydrogen-bond acceptors (Lipinski definition) is 2. The maximum Gasteiger partial charge on any atom is 0.416 e. The van der Waals surface area contributed by atoms with E-state index in [1.54, 1.807) is 0 Å². The van der Waals surface area contributed by atoms with Crippen LogP contribution in [-0.4, -0.2) is 11.5 Å². The van der Waals surface area contributed by atoms with E-state index in [4.69, 9.17) is 0 Å². The van der Waals surface area contributed by atoms with Gasteiger partial charge in [0.1, 0.15) is 0 Å². The van der Waals surface area contributed by atoms with Crippen molar-refractivity contribution in [3.05, 3.63) is 47.7 Å². The summed E-state index contributed by atoms with van der Waals surface area (Å²) in [5, 5.41) is 3.29. The highest BCUT2D eigenvalue weighted by Crippen LogP contribution is 2.36. The molecule has 0 bridgehead atoms. The molecule has 3 rings (SSSR count). The van der Waals surface area contributed by atoms with E-state index >= 15 is 0 Å². The minimum atomic E-state index is -4.31. The van der Waals surface area contributed by atoms with Crippen LogP contribution in [0.15, 0.2) is 36.4 Å². The fourth-order valence-electron chi connectivity index (χ4n) is 2.51. The molecular weight excluding hydrogens is 277 g/mol. The highest BCUT2D eigenvalue weighted by atomic mass is 19.4. The second-order valence-corrected chi connectivity index (χ2v) is 5.91. The lowest BCUT2D eigenvalue weighted by Crippen LogP contribution is -2.20. The van der Waals surface area contributed by atoms with E-state index in [1.165, 1.54) is 12.1 Å². The molecule has 2 aromatic rings. The molecule has 1 N–H and O–H groups in total. The van der Waals surface area contributed by atoms with Crippen molar-refractivity contribution < 1.29 is 13.2 Å². The third kappa shape index (κ3) is 2.48. The lowest BCUT2D eigenvalue weighted by molar-refractivity contribution is -0.137. The lowest BCUT2D eigenvalue weighted by Gasteiger charge is -2.16. The Morgan fingerprint density at radius 3 is 2.33 bits per heavy atom. The average molecular weight is 292 g/mol. The number of halogens is 3. The molecule has 1 aliphatic heterocycles. The van der Waals surface area contributed by atoms with Crippen LogP contribution in [0.2, 0.25) is 0 Å². The Hall–Kier alpha value is -2.04. The molecule has 0 saturated carbocycles. The van der Waals surface area contributed by atoms with Gasteiger partial charge in [-0.05, 0) is 24.3 Å². The molecule has 0 unspecified atom stereocenters. The highest BCUT2D eigenvalue weighted by Gasteiger charge is 2.32. The number of anilines is 1. The summed E-state index contributed by atoms with van der Waals surface area (Å²) in [6.45, 7) is 5.00. The summed E-state index contributed by atoms with van der Waals surface area (Å²) in [5.74, 6) is 0. The van der Waals surface area contributed by atoms with Crippen LogP contribution >= 0.6 is 0 Å². The summed E-state index contributed by atoms with van der Waals surface area (Å²) < 4.78 is 37.7. The number of nitrogens with zero attached hydrogens (tertiary/aromatic N) is 1. The van der Waals surface area contributed by atoms with E-state index in [9.17, 15) is 13.2 Å². The molecule has 1 aliphatic rings. The second-order valence-electron chi connectivity index (χ2n) is 5.91. The standard InChI is InChI=1S/C16H15F3N2/c1-15(2)9-20-13-8-7-12(21-14(13)15)10-3-5-11(6-4-10)16(17,18)19/h3-8,20H,9H2,1-2H3. The SMILES string of the molecule is CC1(C)CNc2ccc(-c3ccc(C(F)(F)F)cc3)nc21. The Morgan fingerprint density at radius 1 is 1.05 bits per heavy atom. The van der Waals surface area contributed by atoms with Crippen LogP contribution in [0.5, 0.6) is 0 Å². The first-order valence-electron chi connectivity index (χ1n) is 6.70. The summed E-state index contributed by atoms with van der Waals surface area (Å²) >= 11 is 0. The molecule has 2 heterocycles. The van der Waals surface area contributed by atoms with Gasteiger partial charge in [-0.2, -0.15) is 13.2 Å². The highest BCUT2D eigenvalue weighted by molar-refractivity contribution is 5.66. The van der Waals surface area contributed by atoms with Gasteiger partial charge in [0.2, 0.25) is 0 Å². The predicted octanol–water partition coefficient (Wildman–Crippen LogP) is 4.47. The van der Waals surface area contributed by atoms with Crippen LogP contribution in [0.25, 0.3) is 11.3 Å². The van der Waals surface area contributed by atoms with Gasteiger partial charge in [0, 0.05) is 17.5 Å². The van der Waals surface area contributed by atoms with E-state index in [2.05, 4.69) is 24.1 Å². The molecule has 0 fully saturated rings. The number of aromatic nitrogens is 1. The number of rotatable bonds is 1. The smallest absolute Gasteiger partial charge is 0.383 e. The van der Waals surface area contributed by atoms with Gasteiger partial charge in [0.15, 0.2) is 0 Å². The van der Waals surface area contributed by atoms with E-state index in [1.807, 2.05) is 12.1 Å². The molecule has 0 atom stereocenters. The van der Waals surface area contributed by atoms with Crippen molar-refractivity contribution in [3.63, 3.8) is 0 Å². The van der Waals surface area contributed by atoms with Crippen LogP contribution in [0.3, 0.4) is 0 Å². The molecule has 110 valence electrons. The summed E-state index contributed by atoms with van der Waals surface area (Å²) in [4.78, 5) is 4.62. The molecule has 5 heteroatoms. The lowest BCUT2D eigenvalue weighted by atomic mass is 9.91. The van der Waals surface area contributed by atoms with Crippen molar-refractivity contribution in [1.82, 2.24) is 4.98 Å². The van der Waals surface area contributed by atoms with E-state index < -0.39 is 11.7 Å². The first kappa shape index (κ1) is 13.9. The van der Waals surface area contributed by atoms with E-state index in [0.717, 1.165) is 30.1 Å². The number of nitrogens with one attached hydrogen (secondary N) is 1. The predicted molar refractivity (Wildman–Crippen MR) is 76.2 cm³/mol. The topological polar surface area (TPSA) is 24.9 Å². The zero-order chi connectivity index (χ0) is 15.3. The fraction of sp³-hybridized carbons (Fsp3) is 0.312. The zero-order valence-electron chi connectivity index (χ0n) is 11.8. The van der Waals surface area contributed by atoms with Gasteiger partial charge in [-0.15, -0.1) is 0 Å². The largest absolute Gasteiger partial charge is 0.416 e. The van der Waals surface area contributed by atoms with Crippen molar-refractivity contribution in [2.24, 2.45) is 0 Å². The molecular formula is C16H15F3N2. The minimum absolute atomic E-state index is 0.0722. The monoisotopic (exact) mass is 292 g/mol.